The molecular formula is C28H27N3O2. The smallest absolute Gasteiger partial charge is 0.255 e. The molecule has 0 bridgehead atoms. The van der Waals surface area contributed by atoms with Crippen LogP contribution >= 0.6 is 0 Å². The standard InChI is InChI=1S/C28H27N3O2/c1-20-26(13-12-22-16-21(18-29-27(20)22)19-31-14-5-6-15-31)30-28(32)23-8-7-11-25(17-23)33-24-9-3-2-4-10-24/h2-4,7-13,16-18H,5-6,14-15,19H2,1H3,(H,30,32). The number of carbonyl (C=O) groups is 1. The topological polar surface area (TPSA) is 54.5 Å². The van der Waals surface area contributed by atoms with E-state index in [-0.39, 0.29) is 5.91 Å². The van der Waals surface area contributed by atoms with Crippen LogP contribution < -0.4 is 10.1 Å². The van der Waals surface area contributed by atoms with Crippen LogP contribution in [0.5, 0.6) is 11.5 Å². The summed E-state index contributed by atoms with van der Waals surface area (Å²) in [6.45, 7) is 5.28. The van der Waals surface area contributed by atoms with E-state index in [4.69, 9.17) is 9.72 Å². The second-order valence-corrected chi connectivity index (χ2v) is 8.53. The molecule has 1 aliphatic heterocycles. The van der Waals surface area contributed by atoms with E-state index in [1.165, 1.54) is 31.5 Å². The van der Waals surface area contributed by atoms with E-state index in [1.807, 2.05) is 67.7 Å². The van der Waals surface area contributed by atoms with Crippen LogP contribution in [0.3, 0.4) is 0 Å². The Hall–Kier alpha value is -3.70. The summed E-state index contributed by atoms with van der Waals surface area (Å²) in [7, 11) is 0. The van der Waals surface area contributed by atoms with Crippen LogP contribution in [-0.4, -0.2) is 28.9 Å². The molecule has 5 heteroatoms. The van der Waals surface area contributed by atoms with Gasteiger partial charge in [0, 0.05) is 29.4 Å². The lowest BCUT2D eigenvalue weighted by Crippen LogP contribution is -2.18. The van der Waals surface area contributed by atoms with Crippen LogP contribution in [0.2, 0.25) is 0 Å². The number of fused-ring (bicyclic) bond motifs is 1. The van der Waals surface area contributed by atoms with E-state index in [2.05, 4.69) is 16.3 Å². The van der Waals surface area contributed by atoms with Gasteiger partial charge in [0.1, 0.15) is 11.5 Å². The number of hydrogen-bond acceptors (Lipinski definition) is 4. The molecule has 0 radical (unpaired) electrons. The van der Waals surface area contributed by atoms with Crippen molar-refractivity contribution in [1.82, 2.24) is 9.88 Å². The average Bonchev–Trinajstić information content (AvgIpc) is 3.35. The first-order valence-electron chi connectivity index (χ1n) is 11.4. The average molecular weight is 438 g/mol. The maximum Gasteiger partial charge on any atom is 0.255 e. The Morgan fingerprint density at radius 3 is 2.58 bits per heavy atom. The molecule has 0 atom stereocenters. The Bertz CT molecular complexity index is 1280. The van der Waals surface area contributed by atoms with Gasteiger partial charge in [0.2, 0.25) is 0 Å². The van der Waals surface area contributed by atoms with Gasteiger partial charge in [-0.05, 0) is 86.4 Å². The number of ether oxygens (including phenoxy) is 1. The molecule has 0 aliphatic carbocycles. The van der Waals surface area contributed by atoms with Crippen molar-refractivity contribution in [3.8, 4) is 11.5 Å². The summed E-state index contributed by atoms with van der Waals surface area (Å²) < 4.78 is 5.87. The first-order valence-corrected chi connectivity index (χ1v) is 11.4. The molecule has 0 unspecified atom stereocenters. The Morgan fingerprint density at radius 1 is 0.970 bits per heavy atom. The van der Waals surface area contributed by atoms with Crippen LogP contribution in [0.4, 0.5) is 5.69 Å². The lowest BCUT2D eigenvalue weighted by atomic mass is 10.1. The minimum Gasteiger partial charge on any atom is -0.457 e. The van der Waals surface area contributed by atoms with Gasteiger partial charge < -0.3 is 10.1 Å². The van der Waals surface area contributed by atoms with Gasteiger partial charge in [-0.25, -0.2) is 0 Å². The van der Waals surface area contributed by atoms with E-state index in [1.54, 1.807) is 12.1 Å². The van der Waals surface area contributed by atoms with Gasteiger partial charge in [-0.3, -0.25) is 14.7 Å². The molecule has 5 nitrogen and oxygen atoms in total. The fourth-order valence-electron chi connectivity index (χ4n) is 4.33. The molecule has 4 aromatic rings. The van der Waals surface area contributed by atoms with E-state index in [0.717, 1.165) is 34.4 Å². The van der Waals surface area contributed by atoms with Crippen LogP contribution in [0.25, 0.3) is 10.9 Å². The van der Waals surface area contributed by atoms with Gasteiger partial charge in [0.25, 0.3) is 5.91 Å². The summed E-state index contributed by atoms with van der Waals surface area (Å²) in [5, 5.41) is 4.14. The number of nitrogens with one attached hydrogen (secondary N) is 1. The van der Waals surface area contributed by atoms with Crippen LogP contribution in [-0.2, 0) is 6.54 Å². The number of likely N-dealkylation sites (tertiary alicyclic amines) is 1. The first kappa shape index (κ1) is 21.2. The number of rotatable bonds is 6. The third-order valence-corrected chi connectivity index (χ3v) is 6.09. The number of para-hydroxylation sites is 1. The van der Waals surface area contributed by atoms with Gasteiger partial charge in [-0.15, -0.1) is 0 Å². The van der Waals surface area contributed by atoms with E-state index in [9.17, 15) is 4.79 Å². The molecular weight excluding hydrogens is 410 g/mol. The maximum atomic E-state index is 13.0. The number of anilines is 1. The fraction of sp³-hybridized carbons (Fsp3) is 0.214. The highest BCUT2D eigenvalue weighted by Crippen LogP contribution is 2.27. The Kier molecular flexibility index (Phi) is 6.05. The summed E-state index contributed by atoms with van der Waals surface area (Å²) in [6, 6.07) is 22.9. The zero-order valence-electron chi connectivity index (χ0n) is 18.8. The normalized spacial score (nSPS) is 13.8. The zero-order chi connectivity index (χ0) is 22.6. The molecule has 1 fully saturated rings. The molecule has 1 N–H and O–H groups in total. The predicted molar refractivity (Wildman–Crippen MR) is 132 cm³/mol. The van der Waals surface area contributed by atoms with E-state index < -0.39 is 0 Å². The van der Waals surface area contributed by atoms with Gasteiger partial charge >= 0.3 is 0 Å². The highest BCUT2D eigenvalue weighted by molar-refractivity contribution is 6.06. The molecule has 1 saturated heterocycles. The molecule has 1 aromatic heterocycles. The first-order chi connectivity index (χ1) is 16.2. The molecule has 1 aliphatic rings. The van der Waals surface area contributed by atoms with Crippen molar-refractivity contribution in [3.63, 3.8) is 0 Å². The summed E-state index contributed by atoms with van der Waals surface area (Å²) in [4.78, 5) is 20.2. The van der Waals surface area contributed by atoms with Crippen molar-refractivity contribution >= 4 is 22.5 Å². The van der Waals surface area contributed by atoms with Crippen molar-refractivity contribution in [2.45, 2.75) is 26.3 Å². The number of carbonyl (C=O) groups excluding carboxylic acids is 1. The molecule has 166 valence electrons. The highest BCUT2D eigenvalue weighted by atomic mass is 16.5. The maximum absolute atomic E-state index is 13.0. The van der Waals surface area contributed by atoms with E-state index in [0.29, 0.717) is 11.3 Å². The quantitative estimate of drug-likeness (QED) is 0.391. The summed E-state index contributed by atoms with van der Waals surface area (Å²) >= 11 is 0. The summed E-state index contributed by atoms with van der Waals surface area (Å²) in [6.07, 6.45) is 4.53. The minimum atomic E-state index is -0.179. The van der Waals surface area contributed by atoms with Crippen molar-refractivity contribution in [1.29, 1.82) is 0 Å². The predicted octanol–water partition coefficient (Wildman–Crippen LogP) is 6.18. The number of aryl methyl sites for hydroxylation is 1. The molecule has 5 rings (SSSR count). The second-order valence-electron chi connectivity index (χ2n) is 8.53. The monoisotopic (exact) mass is 437 g/mol. The zero-order valence-corrected chi connectivity index (χ0v) is 18.8. The second kappa shape index (κ2) is 9.43. The third kappa shape index (κ3) is 4.89. The van der Waals surface area contributed by atoms with Gasteiger partial charge in [-0.1, -0.05) is 30.3 Å². The van der Waals surface area contributed by atoms with Crippen LogP contribution in [0.15, 0.2) is 79.0 Å². The molecule has 0 saturated carbocycles. The number of benzene rings is 3. The molecule has 3 aromatic carbocycles. The SMILES string of the molecule is Cc1c(NC(=O)c2cccc(Oc3ccccc3)c2)ccc2cc(CN3CCCC3)cnc12. The number of aromatic nitrogens is 1. The number of nitrogens with zero attached hydrogens (tertiary/aromatic N) is 2. The number of hydrogen-bond donors (Lipinski definition) is 1. The van der Waals surface area contributed by atoms with Crippen molar-refractivity contribution in [2.75, 3.05) is 18.4 Å². The molecule has 0 spiro atoms. The number of pyridine rings is 1. The van der Waals surface area contributed by atoms with Crippen LogP contribution in [0, 0.1) is 6.92 Å². The molecule has 2 heterocycles. The van der Waals surface area contributed by atoms with Gasteiger partial charge in [-0.2, -0.15) is 0 Å². The third-order valence-electron chi connectivity index (χ3n) is 6.09. The highest BCUT2D eigenvalue weighted by Gasteiger charge is 2.14. The van der Waals surface area contributed by atoms with Crippen molar-refractivity contribution in [2.24, 2.45) is 0 Å². The lowest BCUT2D eigenvalue weighted by molar-refractivity contribution is 0.102. The molecule has 1 amide bonds. The van der Waals surface area contributed by atoms with Crippen molar-refractivity contribution in [3.05, 3.63) is 95.7 Å². The Labute approximate surface area is 194 Å². The fourth-order valence-corrected chi connectivity index (χ4v) is 4.33. The summed E-state index contributed by atoms with van der Waals surface area (Å²) in [5.74, 6) is 1.17. The van der Waals surface area contributed by atoms with Gasteiger partial charge in [0.05, 0.1) is 5.52 Å². The van der Waals surface area contributed by atoms with Gasteiger partial charge in [0.15, 0.2) is 0 Å². The van der Waals surface area contributed by atoms with Crippen molar-refractivity contribution < 1.29 is 9.53 Å². The summed E-state index contributed by atoms with van der Waals surface area (Å²) in [5.41, 5.74) is 4.42. The van der Waals surface area contributed by atoms with E-state index >= 15 is 0 Å². The van der Waals surface area contributed by atoms with Crippen LogP contribution in [0.1, 0.15) is 34.3 Å². The minimum absolute atomic E-state index is 0.179. The Balaban J connectivity index is 1.32. The molecule has 33 heavy (non-hydrogen) atoms. The Morgan fingerprint density at radius 2 is 1.76 bits per heavy atom. The number of amides is 1. The largest absolute Gasteiger partial charge is 0.457 e. The lowest BCUT2D eigenvalue weighted by Gasteiger charge is -2.15.